The van der Waals surface area contributed by atoms with Crippen LogP contribution >= 0.6 is 0 Å². The van der Waals surface area contributed by atoms with Gasteiger partial charge in [0.15, 0.2) is 0 Å². The molecule has 34 heavy (non-hydrogen) atoms. The molecule has 1 saturated heterocycles. The van der Waals surface area contributed by atoms with Gasteiger partial charge in [-0.05, 0) is 63.5 Å². The van der Waals surface area contributed by atoms with E-state index >= 15 is 0 Å². The lowest BCUT2D eigenvalue weighted by molar-refractivity contribution is -0.111. The summed E-state index contributed by atoms with van der Waals surface area (Å²) in [6.45, 7) is 7.70. The van der Waals surface area contributed by atoms with Crippen LogP contribution in [0, 0.1) is 20.8 Å². The Hall–Kier alpha value is -3.23. The predicted molar refractivity (Wildman–Crippen MR) is 134 cm³/mol. The number of aryl methyl sites for hydroxylation is 2. The van der Waals surface area contributed by atoms with E-state index in [9.17, 15) is 13.2 Å². The average Bonchev–Trinajstić information content (AvgIpc) is 3.44. The van der Waals surface area contributed by atoms with Crippen molar-refractivity contribution in [3.63, 3.8) is 0 Å². The zero-order chi connectivity index (χ0) is 24.3. The van der Waals surface area contributed by atoms with Crippen LogP contribution in [0.25, 0.3) is 6.08 Å². The van der Waals surface area contributed by atoms with E-state index in [1.807, 2.05) is 18.5 Å². The van der Waals surface area contributed by atoms with E-state index in [0.717, 1.165) is 35.4 Å². The smallest absolute Gasteiger partial charge is 0.248 e. The quantitative estimate of drug-likeness (QED) is 0.514. The van der Waals surface area contributed by atoms with E-state index in [1.54, 1.807) is 24.3 Å². The molecule has 0 atom stereocenters. The van der Waals surface area contributed by atoms with Gasteiger partial charge in [-0.1, -0.05) is 35.9 Å². The number of anilines is 1. The van der Waals surface area contributed by atoms with Crippen LogP contribution in [0.3, 0.4) is 0 Å². The summed E-state index contributed by atoms with van der Waals surface area (Å²) >= 11 is 0. The van der Waals surface area contributed by atoms with Crippen molar-refractivity contribution in [3.8, 4) is 0 Å². The summed E-state index contributed by atoms with van der Waals surface area (Å²) < 4.78 is 29.0. The number of sulfonamides is 1. The second-order valence-corrected chi connectivity index (χ2v) is 10.6. The van der Waals surface area contributed by atoms with Gasteiger partial charge in [-0.3, -0.25) is 9.48 Å². The van der Waals surface area contributed by atoms with Crippen molar-refractivity contribution in [2.45, 2.75) is 45.1 Å². The highest BCUT2D eigenvalue weighted by Crippen LogP contribution is 2.23. The van der Waals surface area contributed by atoms with Gasteiger partial charge in [0.25, 0.3) is 0 Å². The van der Waals surface area contributed by atoms with Crippen molar-refractivity contribution >= 4 is 27.7 Å². The molecule has 178 valence electrons. The molecule has 1 amide bonds. The van der Waals surface area contributed by atoms with Gasteiger partial charge in [0.2, 0.25) is 15.9 Å². The molecule has 7 nitrogen and oxygen atoms in total. The topological polar surface area (TPSA) is 84.3 Å². The fourth-order valence-corrected chi connectivity index (χ4v) is 5.69. The Morgan fingerprint density at radius 3 is 2.47 bits per heavy atom. The zero-order valence-electron chi connectivity index (χ0n) is 19.8. The van der Waals surface area contributed by atoms with Crippen LogP contribution in [0.2, 0.25) is 0 Å². The minimum Gasteiger partial charge on any atom is -0.322 e. The summed E-state index contributed by atoms with van der Waals surface area (Å²) in [6, 6.07) is 14.7. The number of carbonyl (C=O) groups is 1. The third-order valence-electron chi connectivity index (χ3n) is 6.10. The van der Waals surface area contributed by atoms with Crippen molar-refractivity contribution < 1.29 is 13.2 Å². The molecule has 8 heteroatoms. The third-order valence-corrected chi connectivity index (χ3v) is 7.99. The number of nitrogens with one attached hydrogen (secondary N) is 1. The van der Waals surface area contributed by atoms with Gasteiger partial charge < -0.3 is 5.32 Å². The minimum absolute atomic E-state index is 0.195. The van der Waals surface area contributed by atoms with Crippen molar-refractivity contribution in [1.82, 2.24) is 14.1 Å². The molecule has 3 aromatic rings. The molecular weight excluding hydrogens is 448 g/mol. The molecular formula is C26H30N4O3S. The molecule has 0 aliphatic carbocycles. The average molecular weight is 479 g/mol. The van der Waals surface area contributed by atoms with Gasteiger partial charge in [0.1, 0.15) is 0 Å². The number of nitrogens with zero attached hydrogens (tertiary/aromatic N) is 3. The highest BCUT2D eigenvalue weighted by atomic mass is 32.2. The van der Waals surface area contributed by atoms with E-state index in [0.29, 0.717) is 25.3 Å². The molecule has 1 aliphatic heterocycles. The van der Waals surface area contributed by atoms with Crippen LogP contribution in [0.5, 0.6) is 0 Å². The molecule has 0 radical (unpaired) electrons. The van der Waals surface area contributed by atoms with Gasteiger partial charge in [0.05, 0.1) is 17.1 Å². The maximum Gasteiger partial charge on any atom is 0.248 e. The maximum absolute atomic E-state index is 12.8. The molecule has 1 N–H and O–H groups in total. The van der Waals surface area contributed by atoms with Gasteiger partial charge in [-0.15, -0.1) is 0 Å². The van der Waals surface area contributed by atoms with E-state index < -0.39 is 10.0 Å². The summed E-state index contributed by atoms with van der Waals surface area (Å²) in [4.78, 5) is 12.8. The largest absolute Gasteiger partial charge is 0.322 e. The Morgan fingerprint density at radius 1 is 1.06 bits per heavy atom. The normalized spacial score (nSPS) is 14.7. The summed E-state index contributed by atoms with van der Waals surface area (Å²) in [6.07, 6.45) is 4.96. The summed E-state index contributed by atoms with van der Waals surface area (Å²) in [7, 11) is -3.54. The number of aromatic nitrogens is 2. The molecule has 1 fully saturated rings. The minimum atomic E-state index is -3.54. The summed E-state index contributed by atoms with van der Waals surface area (Å²) in [5.74, 6) is -0.333. The van der Waals surface area contributed by atoms with Crippen LogP contribution in [0.4, 0.5) is 5.69 Å². The number of benzene rings is 2. The molecule has 1 aromatic heterocycles. The first-order chi connectivity index (χ1) is 16.2. The second-order valence-electron chi connectivity index (χ2n) is 8.69. The summed E-state index contributed by atoms with van der Waals surface area (Å²) in [5.41, 5.74) is 5.53. The zero-order valence-corrected chi connectivity index (χ0v) is 20.6. The van der Waals surface area contributed by atoms with Gasteiger partial charge >= 0.3 is 0 Å². The van der Waals surface area contributed by atoms with E-state index in [-0.39, 0.29) is 10.8 Å². The SMILES string of the molecule is Cc1ccc(Cn2nc(C)c(/C=C/C(=O)Nc3cccc(S(=O)(=O)N4CCCC4)c3)c2C)cc1. The number of hydrogen-bond acceptors (Lipinski definition) is 4. The Morgan fingerprint density at radius 2 is 1.76 bits per heavy atom. The highest BCUT2D eigenvalue weighted by molar-refractivity contribution is 7.89. The van der Waals surface area contributed by atoms with Gasteiger partial charge in [0, 0.05) is 36.1 Å². The maximum atomic E-state index is 12.8. The van der Waals surface area contributed by atoms with Crippen LogP contribution in [-0.2, 0) is 21.4 Å². The number of hydrogen-bond donors (Lipinski definition) is 1. The fourth-order valence-electron chi connectivity index (χ4n) is 4.13. The lowest BCUT2D eigenvalue weighted by Crippen LogP contribution is -2.27. The molecule has 0 spiro atoms. The first kappa shape index (κ1) is 23.9. The Bertz CT molecular complexity index is 1320. The van der Waals surface area contributed by atoms with E-state index in [4.69, 9.17) is 0 Å². The van der Waals surface area contributed by atoms with Crippen LogP contribution in [0.1, 0.15) is 40.9 Å². The van der Waals surface area contributed by atoms with Crippen molar-refractivity contribution in [2.75, 3.05) is 18.4 Å². The molecule has 2 heterocycles. The van der Waals surface area contributed by atoms with E-state index in [2.05, 4.69) is 41.6 Å². The molecule has 1 aliphatic rings. The standard InChI is InChI=1S/C26H30N4O3S/c1-19-9-11-22(12-10-19)18-30-21(3)25(20(2)28-30)13-14-26(31)27-23-7-6-8-24(17-23)34(32,33)29-15-4-5-16-29/h6-14,17H,4-5,15-16,18H2,1-3H3,(H,27,31)/b14-13+. The lowest BCUT2D eigenvalue weighted by atomic mass is 10.1. The Balaban J connectivity index is 1.45. The molecule has 0 unspecified atom stereocenters. The highest BCUT2D eigenvalue weighted by Gasteiger charge is 2.27. The number of rotatable bonds is 7. The number of carbonyl (C=O) groups excluding carboxylic acids is 1. The first-order valence-electron chi connectivity index (χ1n) is 11.4. The third kappa shape index (κ3) is 5.29. The van der Waals surface area contributed by atoms with Crippen molar-refractivity contribution in [1.29, 1.82) is 0 Å². The fraction of sp³-hybridized carbons (Fsp3) is 0.308. The predicted octanol–water partition coefficient (Wildman–Crippen LogP) is 4.29. The Labute approximate surface area is 201 Å². The van der Waals surface area contributed by atoms with Crippen LogP contribution < -0.4 is 5.32 Å². The van der Waals surface area contributed by atoms with Gasteiger partial charge in [-0.2, -0.15) is 9.40 Å². The van der Waals surface area contributed by atoms with Crippen molar-refractivity contribution in [2.24, 2.45) is 0 Å². The lowest BCUT2D eigenvalue weighted by Gasteiger charge is -2.16. The first-order valence-corrected chi connectivity index (χ1v) is 12.9. The molecule has 0 bridgehead atoms. The van der Waals surface area contributed by atoms with Gasteiger partial charge in [-0.25, -0.2) is 8.42 Å². The Kier molecular flexibility index (Phi) is 7.00. The monoisotopic (exact) mass is 478 g/mol. The molecule has 4 rings (SSSR count). The van der Waals surface area contributed by atoms with Crippen LogP contribution in [0.15, 0.2) is 59.5 Å². The molecule has 0 saturated carbocycles. The van der Waals surface area contributed by atoms with Crippen molar-refractivity contribution in [3.05, 3.63) is 82.7 Å². The van der Waals surface area contributed by atoms with E-state index in [1.165, 1.54) is 22.0 Å². The second kappa shape index (κ2) is 9.95. The summed E-state index contributed by atoms with van der Waals surface area (Å²) in [5, 5.41) is 7.40. The van der Waals surface area contributed by atoms with Crippen LogP contribution in [-0.4, -0.2) is 41.5 Å². The molecule has 2 aromatic carbocycles. The number of amides is 1.